The van der Waals surface area contributed by atoms with E-state index in [0.717, 1.165) is 34.7 Å². The molecular formula is C30H28N2O. The van der Waals surface area contributed by atoms with E-state index in [-0.39, 0.29) is 5.92 Å². The number of hydrogen-bond donors (Lipinski definition) is 0. The summed E-state index contributed by atoms with van der Waals surface area (Å²) in [7, 11) is 0. The normalized spacial score (nSPS) is 11.2. The van der Waals surface area contributed by atoms with Gasteiger partial charge in [-0.1, -0.05) is 84.9 Å². The summed E-state index contributed by atoms with van der Waals surface area (Å²) >= 11 is 0. The minimum absolute atomic E-state index is 0.0421. The average molecular weight is 433 g/mol. The third kappa shape index (κ3) is 4.40. The van der Waals surface area contributed by atoms with Crippen LogP contribution in [0.4, 0.5) is 0 Å². The summed E-state index contributed by atoms with van der Waals surface area (Å²) < 4.78 is 8.56. The molecule has 0 aliphatic rings. The number of imidazole rings is 1. The monoisotopic (exact) mass is 432 g/mol. The standard InChI is InChI=1S/C30H28N2O/c1-22-17-18-23(2)28(21-22)33-20-19-32-27-16-10-9-15-26(27)31-30(32)29(24-11-5-3-6-12-24)25-13-7-4-8-14-25/h3-18,21,29H,19-20H2,1-2H3. The van der Waals surface area contributed by atoms with Gasteiger partial charge in [0, 0.05) is 0 Å². The molecule has 5 rings (SSSR count). The van der Waals surface area contributed by atoms with Gasteiger partial charge in [-0.15, -0.1) is 0 Å². The third-order valence-corrected chi connectivity index (χ3v) is 6.12. The summed E-state index contributed by atoms with van der Waals surface area (Å²) in [6.45, 7) is 5.49. The first-order valence-electron chi connectivity index (χ1n) is 11.5. The molecule has 0 radical (unpaired) electrons. The van der Waals surface area contributed by atoms with Crippen LogP contribution in [0.2, 0.25) is 0 Å². The van der Waals surface area contributed by atoms with Crippen LogP contribution in [0.1, 0.15) is 34.0 Å². The minimum atomic E-state index is 0.0421. The number of para-hydroxylation sites is 2. The molecule has 0 aliphatic heterocycles. The van der Waals surface area contributed by atoms with Gasteiger partial charge in [0.25, 0.3) is 0 Å². The summed E-state index contributed by atoms with van der Waals surface area (Å²) in [4.78, 5) is 5.13. The maximum atomic E-state index is 6.24. The highest BCUT2D eigenvalue weighted by molar-refractivity contribution is 5.76. The fourth-order valence-electron chi connectivity index (χ4n) is 4.44. The molecule has 0 aliphatic carbocycles. The van der Waals surface area contributed by atoms with E-state index in [4.69, 9.17) is 9.72 Å². The van der Waals surface area contributed by atoms with Gasteiger partial charge in [0.05, 0.1) is 23.5 Å². The highest BCUT2D eigenvalue weighted by Gasteiger charge is 2.23. The average Bonchev–Trinajstić information content (AvgIpc) is 3.21. The summed E-state index contributed by atoms with van der Waals surface area (Å²) in [5.41, 5.74) is 6.97. The van der Waals surface area contributed by atoms with Crippen LogP contribution in [0.25, 0.3) is 11.0 Å². The van der Waals surface area contributed by atoms with Crippen molar-refractivity contribution in [1.82, 2.24) is 9.55 Å². The molecule has 0 bridgehead atoms. The first-order chi connectivity index (χ1) is 16.2. The van der Waals surface area contributed by atoms with Crippen molar-refractivity contribution >= 4 is 11.0 Å². The maximum absolute atomic E-state index is 6.24. The molecule has 0 saturated carbocycles. The molecule has 0 N–H and O–H groups in total. The number of aromatic nitrogens is 2. The van der Waals surface area contributed by atoms with Crippen molar-refractivity contribution in [3.8, 4) is 5.75 Å². The van der Waals surface area contributed by atoms with Crippen LogP contribution in [0.5, 0.6) is 5.75 Å². The van der Waals surface area contributed by atoms with Gasteiger partial charge in [0.2, 0.25) is 0 Å². The molecular weight excluding hydrogens is 404 g/mol. The Morgan fingerprint density at radius 1 is 0.758 bits per heavy atom. The van der Waals surface area contributed by atoms with Crippen molar-refractivity contribution in [2.75, 3.05) is 6.61 Å². The van der Waals surface area contributed by atoms with Gasteiger partial charge in [-0.2, -0.15) is 0 Å². The first kappa shape index (κ1) is 21.0. The van der Waals surface area contributed by atoms with Crippen molar-refractivity contribution in [2.45, 2.75) is 26.3 Å². The lowest BCUT2D eigenvalue weighted by Crippen LogP contribution is -2.16. The van der Waals surface area contributed by atoms with Crippen LogP contribution >= 0.6 is 0 Å². The third-order valence-electron chi connectivity index (χ3n) is 6.12. The lowest BCUT2D eigenvalue weighted by Gasteiger charge is -2.20. The molecule has 3 nitrogen and oxygen atoms in total. The number of rotatable bonds is 7. The Kier molecular flexibility index (Phi) is 5.95. The number of aryl methyl sites for hydroxylation is 2. The van der Waals surface area contributed by atoms with Crippen molar-refractivity contribution in [3.05, 3.63) is 131 Å². The van der Waals surface area contributed by atoms with Crippen LogP contribution in [-0.4, -0.2) is 16.2 Å². The molecule has 0 spiro atoms. The number of nitrogens with zero attached hydrogens (tertiary/aromatic N) is 2. The zero-order valence-corrected chi connectivity index (χ0v) is 19.1. The highest BCUT2D eigenvalue weighted by atomic mass is 16.5. The van der Waals surface area contributed by atoms with E-state index in [2.05, 4.69) is 122 Å². The minimum Gasteiger partial charge on any atom is -0.491 e. The van der Waals surface area contributed by atoms with E-state index in [1.165, 1.54) is 16.7 Å². The van der Waals surface area contributed by atoms with Gasteiger partial charge in [-0.25, -0.2) is 4.98 Å². The second-order valence-electron chi connectivity index (χ2n) is 8.48. The highest BCUT2D eigenvalue weighted by Crippen LogP contribution is 2.33. The van der Waals surface area contributed by atoms with Crippen LogP contribution in [0, 0.1) is 13.8 Å². The fraction of sp³-hybridized carbons (Fsp3) is 0.167. The van der Waals surface area contributed by atoms with Gasteiger partial charge < -0.3 is 9.30 Å². The van der Waals surface area contributed by atoms with Crippen LogP contribution < -0.4 is 4.74 Å². The Labute approximate surface area is 195 Å². The quantitative estimate of drug-likeness (QED) is 0.279. The molecule has 0 unspecified atom stereocenters. The number of ether oxygens (including phenoxy) is 1. The van der Waals surface area contributed by atoms with E-state index >= 15 is 0 Å². The second-order valence-corrected chi connectivity index (χ2v) is 8.48. The molecule has 0 fully saturated rings. The Balaban J connectivity index is 1.56. The Morgan fingerprint density at radius 3 is 2.09 bits per heavy atom. The molecule has 33 heavy (non-hydrogen) atoms. The van der Waals surface area contributed by atoms with Gasteiger partial charge in [-0.05, 0) is 54.3 Å². The summed E-state index contributed by atoms with van der Waals surface area (Å²) in [5, 5.41) is 0. The van der Waals surface area contributed by atoms with Crippen molar-refractivity contribution in [1.29, 1.82) is 0 Å². The van der Waals surface area contributed by atoms with E-state index in [1.54, 1.807) is 0 Å². The van der Waals surface area contributed by atoms with Gasteiger partial charge in [0.1, 0.15) is 18.2 Å². The number of hydrogen-bond acceptors (Lipinski definition) is 2. The molecule has 164 valence electrons. The predicted molar refractivity (Wildman–Crippen MR) is 135 cm³/mol. The molecule has 1 heterocycles. The van der Waals surface area contributed by atoms with Crippen molar-refractivity contribution in [3.63, 3.8) is 0 Å². The topological polar surface area (TPSA) is 27.1 Å². The molecule has 0 atom stereocenters. The lowest BCUT2D eigenvalue weighted by molar-refractivity contribution is 0.296. The van der Waals surface area contributed by atoms with Crippen molar-refractivity contribution < 1.29 is 4.74 Å². The Bertz CT molecular complexity index is 1320. The zero-order valence-electron chi connectivity index (χ0n) is 19.1. The summed E-state index contributed by atoms with van der Waals surface area (Å²) in [6, 6.07) is 36.0. The maximum Gasteiger partial charge on any atom is 0.122 e. The SMILES string of the molecule is Cc1ccc(C)c(OCCn2c(C(c3ccccc3)c3ccccc3)nc3ccccc32)c1. The molecule has 3 heteroatoms. The van der Waals surface area contributed by atoms with Gasteiger partial charge in [-0.3, -0.25) is 0 Å². The Hall–Kier alpha value is -3.85. The van der Waals surface area contributed by atoms with Crippen molar-refractivity contribution in [2.24, 2.45) is 0 Å². The predicted octanol–water partition coefficient (Wildman–Crippen LogP) is 6.91. The summed E-state index contributed by atoms with van der Waals surface area (Å²) in [6.07, 6.45) is 0. The van der Waals surface area contributed by atoms with E-state index in [9.17, 15) is 0 Å². The van der Waals surface area contributed by atoms with Gasteiger partial charge >= 0.3 is 0 Å². The van der Waals surface area contributed by atoms with Crippen LogP contribution in [-0.2, 0) is 6.54 Å². The number of benzene rings is 4. The van der Waals surface area contributed by atoms with Crippen LogP contribution in [0.3, 0.4) is 0 Å². The lowest BCUT2D eigenvalue weighted by atomic mass is 9.90. The molecule has 0 amide bonds. The second kappa shape index (κ2) is 9.33. The zero-order chi connectivity index (χ0) is 22.6. The first-order valence-corrected chi connectivity index (χ1v) is 11.5. The molecule has 4 aromatic carbocycles. The largest absolute Gasteiger partial charge is 0.491 e. The fourth-order valence-corrected chi connectivity index (χ4v) is 4.44. The molecule has 0 saturated heterocycles. The molecule has 5 aromatic rings. The molecule has 1 aromatic heterocycles. The van der Waals surface area contributed by atoms with Gasteiger partial charge in [0.15, 0.2) is 0 Å². The summed E-state index contributed by atoms with van der Waals surface area (Å²) in [5.74, 6) is 2.03. The van der Waals surface area contributed by atoms with E-state index < -0.39 is 0 Å². The van der Waals surface area contributed by atoms with Crippen LogP contribution in [0.15, 0.2) is 103 Å². The Morgan fingerprint density at radius 2 is 1.39 bits per heavy atom. The van der Waals surface area contributed by atoms with E-state index in [1.807, 2.05) is 0 Å². The number of fused-ring (bicyclic) bond motifs is 1. The van der Waals surface area contributed by atoms with E-state index in [0.29, 0.717) is 6.61 Å². The smallest absolute Gasteiger partial charge is 0.122 e.